The highest BCUT2D eigenvalue weighted by Gasteiger charge is 2.33. The van der Waals surface area contributed by atoms with Crippen molar-refractivity contribution in [3.63, 3.8) is 0 Å². The molecule has 0 radical (unpaired) electrons. The van der Waals surface area contributed by atoms with Gasteiger partial charge in [0.15, 0.2) is 0 Å². The second kappa shape index (κ2) is 6.42. The molecule has 1 aromatic carbocycles. The van der Waals surface area contributed by atoms with E-state index in [1.807, 2.05) is 0 Å². The standard InChI is InChI=1S/C15H18F2N2O2S/c16-12-5-10(19-8-11(7-18)21-15(19)20)6-13(17)14(12)9-1-3-22-4-2-9/h5-6,9,11H,1-4,7-8,18H2/t11-/m0/s1. The normalized spacial score (nSPS) is 23.0. The Morgan fingerprint density at radius 2 is 1.91 bits per heavy atom. The smallest absolute Gasteiger partial charge is 0.414 e. The van der Waals surface area contributed by atoms with Crippen LogP contribution in [0.3, 0.4) is 0 Å². The average Bonchev–Trinajstić information content (AvgIpc) is 2.89. The SMILES string of the molecule is NC[C@H]1CN(c2cc(F)c(C3CCSCC3)c(F)c2)C(=O)O1. The lowest BCUT2D eigenvalue weighted by Gasteiger charge is -2.23. The minimum Gasteiger partial charge on any atom is -0.443 e. The number of hydrogen-bond acceptors (Lipinski definition) is 4. The summed E-state index contributed by atoms with van der Waals surface area (Å²) in [6.45, 7) is 0.401. The number of rotatable bonds is 3. The molecule has 22 heavy (non-hydrogen) atoms. The van der Waals surface area contributed by atoms with E-state index in [1.54, 1.807) is 11.8 Å². The maximum atomic E-state index is 14.4. The van der Waals surface area contributed by atoms with Crippen LogP contribution in [0.5, 0.6) is 0 Å². The Hall–Kier alpha value is -1.34. The molecule has 2 heterocycles. The molecular formula is C15H18F2N2O2S. The van der Waals surface area contributed by atoms with Gasteiger partial charge in [0.1, 0.15) is 17.7 Å². The van der Waals surface area contributed by atoms with E-state index in [2.05, 4.69) is 0 Å². The second-order valence-electron chi connectivity index (χ2n) is 5.56. The predicted molar refractivity (Wildman–Crippen MR) is 82.3 cm³/mol. The van der Waals surface area contributed by atoms with Crippen LogP contribution in [0.15, 0.2) is 12.1 Å². The summed E-state index contributed by atoms with van der Waals surface area (Å²) in [4.78, 5) is 13.0. The van der Waals surface area contributed by atoms with Crippen molar-refractivity contribution in [3.8, 4) is 0 Å². The van der Waals surface area contributed by atoms with Crippen LogP contribution < -0.4 is 10.6 Å². The number of amides is 1. The molecule has 0 saturated carbocycles. The Morgan fingerprint density at radius 1 is 1.27 bits per heavy atom. The lowest BCUT2D eigenvalue weighted by atomic mass is 9.92. The minimum atomic E-state index is -0.615. The number of carbonyl (C=O) groups is 1. The Kier molecular flexibility index (Phi) is 4.54. The maximum absolute atomic E-state index is 14.4. The van der Waals surface area contributed by atoms with Gasteiger partial charge in [-0.1, -0.05) is 0 Å². The molecule has 0 bridgehead atoms. The number of anilines is 1. The quantitative estimate of drug-likeness (QED) is 0.927. The van der Waals surface area contributed by atoms with Crippen LogP contribution in [0.2, 0.25) is 0 Å². The largest absolute Gasteiger partial charge is 0.443 e. The van der Waals surface area contributed by atoms with Crippen molar-refractivity contribution in [1.29, 1.82) is 0 Å². The van der Waals surface area contributed by atoms with Gasteiger partial charge in [0.05, 0.1) is 12.2 Å². The zero-order valence-electron chi connectivity index (χ0n) is 12.1. The Bertz CT molecular complexity index is 556. The Morgan fingerprint density at radius 3 is 2.45 bits per heavy atom. The van der Waals surface area contributed by atoms with Crippen LogP contribution in [0, 0.1) is 11.6 Å². The molecule has 2 aliphatic rings. The number of nitrogens with two attached hydrogens (primary N) is 1. The van der Waals surface area contributed by atoms with Crippen molar-refractivity contribution in [3.05, 3.63) is 29.3 Å². The molecule has 2 saturated heterocycles. The van der Waals surface area contributed by atoms with Gasteiger partial charge in [0.2, 0.25) is 0 Å². The van der Waals surface area contributed by atoms with E-state index in [4.69, 9.17) is 10.5 Å². The average molecular weight is 328 g/mol. The third-order valence-electron chi connectivity index (χ3n) is 4.14. The number of benzene rings is 1. The number of ether oxygens (including phenoxy) is 1. The summed E-state index contributed by atoms with van der Waals surface area (Å²) in [6, 6.07) is 2.45. The van der Waals surface area contributed by atoms with E-state index in [0.717, 1.165) is 24.3 Å². The van der Waals surface area contributed by atoms with E-state index in [9.17, 15) is 13.6 Å². The number of carbonyl (C=O) groups excluding carboxylic acids is 1. The number of cyclic esters (lactones) is 1. The van der Waals surface area contributed by atoms with Crippen molar-refractivity contribution >= 4 is 23.5 Å². The van der Waals surface area contributed by atoms with Gasteiger partial charge >= 0.3 is 6.09 Å². The number of nitrogens with zero attached hydrogens (tertiary/aromatic N) is 1. The zero-order valence-corrected chi connectivity index (χ0v) is 12.9. The van der Waals surface area contributed by atoms with Crippen LogP contribution in [0.4, 0.5) is 19.3 Å². The minimum absolute atomic E-state index is 0.0855. The van der Waals surface area contributed by atoms with Gasteiger partial charge in [-0.2, -0.15) is 11.8 Å². The highest BCUT2D eigenvalue weighted by Crippen LogP contribution is 2.36. The van der Waals surface area contributed by atoms with Gasteiger partial charge in [-0.15, -0.1) is 0 Å². The van der Waals surface area contributed by atoms with Gasteiger partial charge in [-0.3, -0.25) is 4.90 Å². The van der Waals surface area contributed by atoms with Crippen molar-refractivity contribution in [2.24, 2.45) is 5.73 Å². The van der Waals surface area contributed by atoms with Crippen LogP contribution in [0.1, 0.15) is 24.3 Å². The summed E-state index contributed by atoms with van der Waals surface area (Å²) in [5.74, 6) is 0.577. The molecular weight excluding hydrogens is 310 g/mol. The number of thioether (sulfide) groups is 1. The van der Waals surface area contributed by atoms with Crippen molar-refractivity contribution in [2.45, 2.75) is 24.9 Å². The van der Waals surface area contributed by atoms with Gasteiger partial charge in [0.25, 0.3) is 0 Å². The molecule has 1 amide bonds. The molecule has 0 aliphatic carbocycles. The summed E-state index contributed by atoms with van der Waals surface area (Å²) in [7, 11) is 0. The van der Waals surface area contributed by atoms with E-state index in [1.165, 1.54) is 17.0 Å². The molecule has 2 N–H and O–H groups in total. The highest BCUT2D eigenvalue weighted by atomic mass is 32.2. The molecule has 0 spiro atoms. The zero-order chi connectivity index (χ0) is 15.7. The lowest BCUT2D eigenvalue weighted by molar-refractivity contribution is 0.145. The molecule has 120 valence electrons. The van der Waals surface area contributed by atoms with Crippen LogP contribution in [-0.4, -0.2) is 36.8 Å². The Balaban J connectivity index is 1.87. The number of hydrogen-bond donors (Lipinski definition) is 1. The third kappa shape index (κ3) is 2.92. The van der Waals surface area contributed by atoms with Crippen LogP contribution >= 0.6 is 11.8 Å². The van der Waals surface area contributed by atoms with Gasteiger partial charge in [0, 0.05) is 12.1 Å². The fourth-order valence-electron chi connectivity index (χ4n) is 2.96. The van der Waals surface area contributed by atoms with Crippen molar-refractivity contribution in [2.75, 3.05) is 29.5 Å². The molecule has 2 aliphatic heterocycles. The first-order valence-electron chi connectivity index (χ1n) is 7.35. The fourth-order valence-corrected chi connectivity index (χ4v) is 4.06. The molecule has 7 heteroatoms. The topological polar surface area (TPSA) is 55.6 Å². The first-order valence-corrected chi connectivity index (χ1v) is 8.50. The molecule has 3 rings (SSSR count). The summed E-state index contributed by atoms with van der Waals surface area (Å²) >= 11 is 1.81. The van der Waals surface area contributed by atoms with Gasteiger partial charge in [-0.25, -0.2) is 13.6 Å². The van der Waals surface area contributed by atoms with E-state index < -0.39 is 23.8 Å². The summed E-state index contributed by atoms with van der Waals surface area (Å²) in [5, 5.41) is 0. The predicted octanol–water partition coefficient (Wildman–Crippen LogP) is 2.86. The van der Waals surface area contributed by atoms with Gasteiger partial charge < -0.3 is 10.5 Å². The summed E-state index contributed by atoms with van der Waals surface area (Å²) in [5.41, 5.74) is 5.79. The lowest BCUT2D eigenvalue weighted by Crippen LogP contribution is -2.27. The maximum Gasteiger partial charge on any atom is 0.414 e. The molecule has 1 aromatic rings. The first-order chi connectivity index (χ1) is 10.6. The third-order valence-corrected chi connectivity index (χ3v) is 5.19. The van der Waals surface area contributed by atoms with Crippen molar-refractivity contribution in [1.82, 2.24) is 0 Å². The molecule has 1 atom stereocenters. The van der Waals surface area contributed by atoms with Crippen LogP contribution in [-0.2, 0) is 4.74 Å². The Labute approximate surface area is 132 Å². The second-order valence-corrected chi connectivity index (χ2v) is 6.79. The molecule has 4 nitrogen and oxygen atoms in total. The number of halogens is 2. The van der Waals surface area contributed by atoms with Crippen molar-refractivity contribution < 1.29 is 18.3 Å². The van der Waals surface area contributed by atoms with Gasteiger partial charge in [-0.05, 0) is 42.4 Å². The first kappa shape index (κ1) is 15.6. The monoisotopic (exact) mass is 328 g/mol. The van der Waals surface area contributed by atoms with E-state index in [-0.39, 0.29) is 30.3 Å². The summed E-state index contributed by atoms with van der Waals surface area (Å²) in [6.07, 6.45) is 0.502. The van der Waals surface area contributed by atoms with Crippen LogP contribution in [0.25, 0.3) is 0 Å². The fraction of sp³-hybridized carbons (Fsp3) is 0.533. The highest BCUT2D eigenvalue weighted by molar-refractivity contribution is 7.99. The molecule has 2 fully saturated rings. The van der Waals surface area contributed by atoms with E-state index in [0.29, 0.717) is 0 Å². The van der Waals surface area contributed by atoms with E-state index >= 15 is 0 Å². The summed E-state index contributed by atoms with van der Waals surface area (Å²) < 4.78 is 33.8. The molecule has 0 aromatic heterocycles. The molecule has 0 unspecified atom stereocenters.